The molecule has 2 saturated heterocycles. The van der Waals surface area contributed by atoms with Crippen molar-refractivity contribution >= 4 is 16.6 Å². The third kappa shape index (κ3) is 3.57. The number of likely N-dealkylation sites (tertiary alicyclic amines) is 1. The summed E-state index contributed by atoms with van der Waals surface area (Å²) in [4.78, 5) is 2.66. The summed E-state index contributed by atoms with van der Waals surface area (Å²) in [5, 5.41) is 15.1. The third-order valence-corrected chi connectivity index (χ3v) is 7.15. The fraction of sp³-hybridized carbons (Fsp3) is 0.440. The van der Waals surface area contributed by atoms with E-state index >= 15 is 0 Å². The van der Waals surface area contributed by atoms with Crippen LogP contribution in [0.4, 0.5) is 5.82 Å². The minimum Gasteiger partial charge on any atom is -0.381 e. The van der Waals surface area contributed by atoms with Gasteiger partial charge < -0.3 is 15.0 Å². The Labute approximate surface area is 177 Å². The van der Waals surface area contributed by atoms with Gasteiger partial charge >= 0.3 is 0 Å². The fourth-order valence-corrected chi connectivity index (χ4v) is 5.35. The molecule has 1 aromatic heterocycles. The molecule has 154 valence electrons. The molecule has 6 rings (SSSR count). The molecule has 5 heteroatoms. The number of anilines is 1. The van der Waals surface area contributed by atoms with Crippen molar-refractivity contribution in [1.82, 2.24) is 15.1 Å². The van der Waals surface area contributed by atoms with Gasteiger partial charge in [0.05, 0.1) is 5.69 Å². The highest BCUT2D eigenvalue weighted by atomic mass is 16.5. The van der Waals surface area contributed by atoms with Gasteiger partial charge in [-0.15, -0.1) is 10.2 Å². The first-order valence-electron chi connectivity index (χ1n) is 11.2. The molecule has 0 amide bonds. The second-order valence-electron chi connectivity index (χ2n) is 9.14. The summed E-state index contributed by atoms with van der Waals surface area (Å²) < 4.78 is 5.49. The number of piperidine rings is 1. The number of hydrogen-bond acceptors (Lipinski definition) is 5. The highest BCUT2D eigenvalue weighted by Gasteiger charge is 2.55. The molecule has 30 heavy (non-hydrogen) atoms. The van der Waals surface area contributed by atoms with E-state index in [1.807, 2.05) is 0 Å². The lowest BCUT2D eigenvalue weighted by molar-refractivity contribution is 0.0540. The first-order valence-corrected chi connectivity index (χ1v) is 11.2. The molecule has 3 atom stereocenters. The topological polar surface area (TPSA) is 50.3 Å². The van der Waals surface area contributed by atoms with E-state index in [1.54, 1.807) is 0 Å². The summed E-state index contributed by atoms with van der Waals surface area (Å²) in [6, 6.07) is 19.6. The van der Waals surface area contributed by atoms with Crippen molar-refractivity contribution in [2.24, 2.45) is 17.8 Å². The maximum Gasteiger partial charge on any atom is 0.148 e. The zero-order valence-corrected chi connectivity index (χ0v) is 17.2. The number of fused-ring (bicyclic) bond motifs is 2. The molecule has 0 bridgehead atoms. The Bertz CT molecular complexity index is 1020. The lowest BCUT2D eigenvalue weighted by atomic mass is 10.00. The quantitative estimate of drug-likeness (QED) is 0.700. The van der Waals surface area contributed by atoms with E-state index in [1.165, 1.54) is 43.2 Å². The summed E-state index contributed by atoms with van der Waals surface area (Å²) >= 11 is 0. The van der Waals surface area contributed by atoms with Crippen molar-refractivity contribution in [3.8, 4) is 11.3 Å². The molecule has 3 aromatic rings. The smallest absolute Gasteiger partial charge is 0.148 e. The SMILES string of the molecule is c1ccc2cc(-c3ccc(N[C@@H]4[C@@H]5CN(CC6CCOCC6)C[C@@H]54)nn3)ccc2c1. The molecule has 0 radical (unpaired) electrons. The molecule has 5 nitrogen and oxygen atoms in total. The van der Waals surface area contributed by atoms with E-state index in [9.17, 15) is 0 Å². The summed E-state index contributed by atoms with van der Waals surface area (Å²) in [5.74, 6) is 3.27. The maximum absolute atomic E-state index is 5.49. The van der Waals surface area contributed by atoms with Crippen molar-refractivity contribution in [2.45, 2.75) is 18.9 Å². The number of nitrogens with one attached hydrogen (secondary N) is 1. The van der Waals surface area contributed by atoms with Crippen LogP contribution in [0.2, 0.25) is 0 Å². The average molecular weight is 401 g/mol. The van der Waals surface area contributed by atoms with Gasteiger partial charge in [0.2, 0.25) is 0 Å². The number of aromatic nitrogens is 2. The first-order chi connectivity index (χ1) is 14.8. The molecule has 2 aromatic carbocycles. The van der Waals surface area contributed by atoms with Crippen LogP contribution in [0.25, 0.3) is 22.0 Å². The van der Waals surface area contributed by atoms with Crippen LogP contribution in [0.15, 0.2) is 54.6 Å². The van der Waals surface area contributed by atoms with Crippen molar-refractivity contribution in [1.29, 1.82) is 0 Å². The van der Waals surface area contributed by atoms with E-state index in [2.05, 4.69) is 75.0 Å². The van der Waals surface area contributed by atoms with Crippen molar-refractivity contribution in [3.63, 3.8) is 0 Å². The largest absolute Gasteiger partial charge is 0.381 e. The second-order valence-corrected chi connectivity index (χ2v) is 9.14. The summed E-state index contributed by atoms with van der Waals surface area (Å²) in [6.07, 6.45) is 2.46. The van der Waals surface area contributed by atoms with Gasteiger partial charge in [-0.3, -0.25) is 0 Å². The zero-order chi connectivity index (χ0) is 19.9. The Hall–Kier alpha value is -2.50. The Morgan fingerprint density at radius 1 is 0.900 bits per heavy atom. The van der Waals surface area contributed by atoms with Crippen LogP contribution in [-0.2, 0) is 4.74 Å². The van der Waals surface area contributed by atoms with Crippen LogP contribution in [0, 0.1) is 17.8 Å². The molecule has 2 aliphatic heterocycles. The summed E-state index contributed by atoms with van der Waals surface area (Å²) in [5.41, 5.74) is 2.03. The highest BCUT2D eigenvalue weighted by molar-refractivity contribution is 5.86. The molecule has 3 heterocycles. The predicted molar refractivity (Wildman–Crippen MR) is 119 cm³/mol. The number of benzene rings is 2. The molecular formula is C25H28N4O. The van der Waals surface area contributed by atoms with E-state index in [0.717, 1.165) is 48.0 Å². The minimum atomic E-state index is 0.566. The third-order valence-electron chi connectivity index (χ3n) is 7.15. The van der Waals surface area contributed by atoms with Gasteiger partial charge in [-0.1, -0.05) is 36.4 Å². The summed E-state index contributed by atoms with van der Waals surface area (Å²) in [7, 11) is 0. The average Bonchev–Trinajstić information content (AvgIpc) is 3.23. The van der Waals surface area contributed by atoms with Crippen molar-refractivity contribution in [3.05, 3.63) is 54.6 Å². The zero-order valence-electron chi connectivity index (χ0n) is 17.2. The van der Waals surface area contributed by atoms with E-state index in [4.69, 9.17) is 4.74 Å². The van der Waals surface area contributed by atoms with Gasteiger partial charge in [0, 0.05) is 44.5 Å². The molecule has 3 fully saturated rings. The monoisotopic (exact) mass is 400 g/mol. The Morgan fingerprint density at radius 2 is 1.70 bits per heavy atom. The molecule has 1 saturated carbocycles. The van der Waals surface area contributed by atoms with Crippen LogP contribution in [-0.4, -0.2) is 54.0 Å². The lowest BCUT2D eigenvalue weighted by Crippen LogP contribution is -2.34. The van der Waals surface area contributed by atoms with E-state index in [0.29, 0.717) is 6.04 Å². The number of ether oxygens (including phenoxy) is 1. The van der Waals surface area contributed by atoms with Crippen LogP contribution in [0.3, 0.4) is 0 Å². The molecule has 1 N–H and O–H groups in total. The van der Waals surface area contributed by atoms with Gasteiger partial charge in [-0.2, -0.15) is 0 Å². The van der Waals surface area contributed by atoms with Gasteiger partial charge in [-0.25, -0.2) is 0 Å². The van der Waals surface area contributed by atoms with Crippen LogP contribution in [0.1, 0.15) is 12.8 Å². The van der Waals surface area contributed by atoms with Crippen LogP contribution in [0.5, 0.6) is 0 Å². The molecule has 1 aliphatic carbocycles. The predicted octanol–water partition coefficient (Wildman–Crippen LogP) is 4.07. The molecule has 0 unspecified atom stereocenters. The normalized spacial score (nSPS) is 26.6. The van der Waals surface area contributed by atoms with Crippen LogP contribution >= 0.6 is 0 Å². The number of hydrogen-bond donors (Lipinski definition) is 1. The highest BCUT2D eigenvalue weighted by Crippen LogP contribution is 2.47. The molecule has 3 aliphatic rings. The van der Waals surface area contributed by atoms with Crippen LogP contribution < -0.4 is 5.32 Å². The molecule has 0 spiro atoms. The van der Waals surface area contributed by atoms with Crippen molar-refractivity contribution < 1.29 is 4.74 Å². The standard InChI is InChI=1S/C25H28N4O/c1-2-4-19-13-20(6-5-18(19)3-1)23-7-8-24(28-27-23)26-25-21-15-29(16-22(21)25)14-17-9-11-30-12-10-17/h1-8,13,17,21-22,25H,9-12,14-16H2,(H,26,28)/t21-,22+,25-. The second kappa shape index (κ2) is 7.64. The lowest BCUT2D eigenvalue weighted by Gasteiger charge is -2.28. The van der Waals surface area contributed by atoms with Gasteiger partial charge in [0.15, 0.2) is 0 Å². The Morgan fingerprint density at radius 3 is 2.47 bits per heavy atom. The molecular weight excluding hydrogens is 372 g/mol. The Balaban J connectivity index is 1.05. The van der Waals surface area contributed by atoms with E-state index < -0.39 is 0 Å². The minimum absolute atomic E-state index is 0.566. The first kappa shape index (κ1) is 18.3. The fourth-order valence-electron chi connectivity index (χ4n) is 5.35. The number of rotatable bonds is 5. The number of nitrogens with zero attached hydrogens (tertiary/aromatic N) is 3. The van der Waals surface area contributed by atoms with Crippen molar-refractivity contribution in [2.75, 3.05) is 38.2 Å². The summed E-state index contributed by atoms with van der Waals surface area (Å²) in [6.45, 7) is 5.60. The van der Waals surface area contributed by atoms with E-state index in [-0.39, 0.29) is 0 Å². The van der Waals surface area contributed by atoms with Gasteiger partial charge in [0.25, 0.3) is 0 Å². The van der Waals surface area contributed by atoms with Gasteiger partial charge in [0.1, 0.15) is 5.82 Å². The van der Waals surface area contributed by atoms with Gasteiger partial charge in [-0.05, 0) is 59.6 Å². The maximum atomic E-state index is 5.49. The Kier molecular flexibility index (Phi) is 4.65.